The molecule has 0 radical (unpaired) electrons. The van der Waals surface area contributed by atoms with Crippen molar-refractivity contribution < 1.29 is 22.5 Å². The van der Waals surface area contributed by atoms with Crippen LogP contribution in [-0.2, 0) is 0 Å². The van der Waals surface area contributed by atoms with Crippen LogP contribution in [-0.4, -0.2) is 51.1 Å². The number of carbonyl (C=O) groups is 1. The molecule has 3 atom stereocenters. The molecule has 1 saturated heterocycles. The zero-order valence-electron chi connectivity index (χ0n) is 15.7. The molecule has 0 aromatic carbocycles. The number of alkyl halides is 3. The molecule has 0 saturated carbocycles. The Morgan fingerprint density at radius 3 is 2.75 bits per heavy atom. The lowest BCUT2D eigenvalue weighted by molar-refractivity contribution is -0.174. The van der Waals surface area contributed by atoms with Crippen LogP contribution < -0.4 is 5.32 Å². The first kappa shape index (κ1) is 18.8. The lowest BCUT2D eigenvalue weighted by atomic mass is 9.85. The fourth-order valence-corrected chi connectivity index (χ4v) is 4.18. The molecular formula is C18H22F3N5O2. The first-order chi connectivity index (χ1) is 13.2. The van der Waals surface area contributed by atoms with Gasteiger partial charge >= 0.3 is 6.18 Å². The van der Waals surface area contributed by atoms with Gasteiger partial charge in [0.05, 0.1) is 11.4 Å². The summed E-state index contributed by atoms with van der Waals surface area (Å²) in [6.07, 6.45) is -2.99. The Kier molecular flexibility index (Phi) is 4.59. The fraction of sp³-hybridized carbons (Fsp3) is 0.611. The molecule has 1 unspecified atom stereocenters. The van der Waals surface area contributed by atoms with Gasteiger partial charge in [-0.3, -0.25) is 4.79 Å². The third kappa shape index (κ3) is 3.47. The highest BCUT2D eigenvalue weighted by atomic mass is 19.4. The lowest BCUT2D eigenvalue weighted by Gasteiger charge is -2.41. The van der Waals surface area contributed by atoms with E-state index < -0.39 is 12.2 Å². The Morgan fingerprint density at radius 2 is 2.07 bits per heavy atom. The largest absolute Gasteiger partial charge is 0.410 e. The number of aryl methyl sites for hydroxylation is 2. The van der Waals surface area contributed by atoms with E-state index >= 15 is 0 Å². The summed E-state index contributed by atoms with van der Waals surface area (Å²) in [5.41, 5.74) is 1.15. The Morgan fingerprint density at radius 1 is 1.29 bits per heavy atom. The highest BCUT2D eigenvalue weighted by Crippen LogP contribution is 2.42. The van der Waals surface area contributed by atoms with Gasteiger partial charge in [-0.2, -0.15) is 18.3 Å². The van der Waals surface area contributed by atoms with Gasteiger partial charge in [0.25, 0.3) is 5.91 Å². The van der Waals surface area contributed by atoms with Crippen LogP contribution in [0.15, 0.2) is 16.7 Å². The van der Waals surface area contributed by atoms with Crippen LogP contribution in [0.1, 0.15) is 47.2 Å². The molecule has 0 bridgehead atoms. The molecule has 4 rings (SSSR count). The van der Waals surface area contributed by atoms with E-state index in [4.69, 9.17) is 4.52 Å². The predicted octanol–water partition coefficient (Wildman–Crippen LogP) is 3.33. The summed E-state index contributed by atoms with van der Waals surface area (Å²) in [7, 11) is 0. The average Bonchev–Trinajstić information content (AvgIpc) is 3.24. The van der Waals surface area contributed by atoms with Crippen LogP contribution in [0.2, 0.25) is 0 Å². The number of hydrogen-bond donors (Lipinski definition) is 1. The number of nitrogens with one attached hydrogen (secondary N) is 1. The van der Waals surface area contributed by atoms with Crippen LogP contribution in [0.4, 0.5) is 19.0 Å². The maximum atomic E-state index is 13.6. The third-order valence-corrected chi connectivity index (χ3v) is 5.49. The van der Waals surface area contributed by atoms with E-state index in [-0.39, 0.29) is 30.0 Å². The van der Waals surface area contributed by atoms with Gasteiger partial charge < -0.3 is 14.7 Å². The number of fused-ring (bicyclic) bond motifs is 1. The monoisotopic (exact) mass is 397 g/mol. The summed E-state index contributed by atoms with van der Waals surface area (Å²) in [5.74, 6) is 0.187. The summed E-state index contributed by atoms with van der Waals surface area (Å²) in [6, 6.07) is 1.16. The molecule has 4 heterocycles. The number of hydrogen-bond acceptors (Lipinski definition) is 5. The third-order valence-electron chi connectivity index (χ3n) is 5.49. The summed E-state index contributed by atoms with van der Waals surface area (Å²) < 4.78 is 47.0. The Balaban J connectivity index is 1.53. The minimum Gasteiger partial charge on any atom is -0.367 e. The first-order valence-corrected chi connectivity index (χ1v) is 9.34. The molecule has 1 N–H and O–H groups in total. The summed E-state index contributed by atoms with van der Waals surface area (Å²) >= 11 is 0. The number of nitrogens with zero attached hydrogens (tertiary/aromatic N) is 4. The normalized spacial score (nSPS) is 25.3. The molecule has 1 fully saturated rings. The zero-order valence-corrected chi connectivity index (χ0v) is 15.7. The Bertz CT molecular complexity index is 875. The number of rotatable bonds is 2. The van der Waals surface area contributed by atoms with Gasteiger partial charge in [-0.1, -0.05) is 5.16 Å². The predicted molar refractivity (Wildman–Crippen MR) is 94.0 cm³/mol. The van der Waals surface area contributed by atoms with E-state index in [0.29, 0.717) is 30.3 Å². The van der Waals surface area contributed by atoms with Crippen molar-refractivity contribution in [3.63, 3.8) is 0 Å². The minimum atomic E-state index is -4.38. The van der Waals surface area contributed by atoms with Crippen LogP contribution >= 0.6 is 0 Å². The van der Waals surface area contributed by atoms with E-state index in [0.717, 1.165) is 17.5 Å². The minimum absolute atomic E-state index is 0.0875. The standard InChI is InChI=1S/C18H22F3N5O2/c1-10-7-16-22-13(8-15(18(19,20)21)26(16)23-10)12-4-3-5-25(9-12)17(27)14-6-11(2)24-28-14/h6-7,12-13,15,22H,3-5,8-9H2,1-2H3/t12?,13-,15+/m0/s1. The van der Waals surface area contributed by atoms with Crippen molar-refractivity contribution in [2.45, 2.75) is 51.4 Å². The topological polar surface area (TPSA) is 76.2 Å². The molecule has 2 aromatic heterocycles. The van der Waals surface area contributed by atoms with E-state index in [1.54, 1.807) is 30.9 Å². The van der Waals surface area contributed by atoms with Gasteiger partial charge in [-0.05, 0) is 39.0 Å². The number of piperidine rings is 1. The van der Waals surface area contributed by atoms with E-state index in [1.165, 1.54) is 0 Å². The van der Waals surface area contributed by atoms with Gasteiger partial charge in [-0.15, -0.1) is 0 Å². The van der Waals surface area contributed by atoms with Crippen LogP contribution in [0.25, 0.3) is 0 Å². The number of amides is 1. The molecule has 10 heteroatoms. The zero-order chi connectivity index (χ0) is 20.1. The summed E-state index contributed by atoms with van der Waals surface area (Å²) in [6.45, 7) is 4.35. The highest BCUT2D eigenvalue weighted by Gasteiger charge is 2.48. The first-order valence-electron chi connectivity index (χ1n) is 9.34. The van der Waals surface area contributed by atoms with Gasteiger partial charge in [0.15, 0.2) is 6.04 Å². The van der Waals surface area contributed by atoms with Gasteiger partial charge in [0, 0.05) is 31.3 Å². The second kappa shape index (κ2) is 6.82. The molecule has 2 aliphatic heterocycles. The molecule has 152 valence electrons. The molecular weight excluding hydrogens is 375 g/mol. The molecule has 2 aliphatic rings. The maximum Gasteiger partial charge on any atom is 0.410 e. The maximum absolute atomic E-state index is 13.6. The Labute approximate surface area is 159 Å². The number of carbonyl (C=O) groups excluding carboxylic acids is 1. The second-order valence-electron chi connectivity index (χ2n) is 7.65. The number of halogens is 3. The van der Waals surface area contributed by atoms with Crippen molar-refractivity contribution in [3.05, 3.63) is 29.3 Å². The van der Waals surface area contributed by atoms with E-state index in [9.17, 15) is 18.0 Å². The molecule has 0 spiro atoms. The average molecular weight is 397 g/mol. The van der Waals surface area contributed by atoms with Crippen molar-refractivity contribution in [1.29, 1.82) is 0 Å². The fourth-order valence-electron chi connectivity index (χ4n) is 4.18. The number of aromatic nitrogens is 3. The highest BCUT2D eigenvalue weighted by molar-refractivity contribution is 5.91. The SMILES string of the molecule is Cc1cc(C(=O)N2CCCC([C@@H]3C[C@H](C(F)(F)F)n4nc(C)cc4N3)C2)on1. The number of anilines is 1. The van der Waals surface area contributed by atoms with Crippen molar-refractivity contribution in [2.75, 3.05) is 18.4 Å². The van der Waals surface area contributed by atoms with Crippen LogP contribution in [0.3, 0.4) is 0 Å². The number of likely N-dealkylation sites (tertiary alicyclic amines) is 1. The molecule has 7 nitrogen and oxygen atoms in total. The molecule has 2 aromatic rings. The molecule has 28 heavy (non-hydrogen) atoms. The van der Waals surface area contributed by atoms with Crippen molar-refractivity contribution >= 4 is 11.7 Å². The van der Waals surface area contributed by atoms with Crippen molar-refractivity contribution in [1.82, 2.24) is 19.8 Å². The van der Waals surface area contributed by atoms with Gasteiger partial charge in [0.2, 0.25) is 5.76 Å². The summed E-state index contributed by atoms with van der Waals surface area (Å²) in [4.78, 5) is 14.3. The molecule has 0 aliphatic carbocycles. The molecule has 1 amide bonds. The smallest absolute Gasteiger partial charge is 0.367 e. The van der Waals surface area contributed by atoms with Gasteiger partial charge in [-0.25, -0.2) is 4.68 Å². The lowest BCUT2D eigenvalue weighted by Crippen LogP contribution is -2.49. The Hall–Kier alpha value is -2.52. The second-order valence-corrected chi connectivity index (χ2v) is 7.65. The van der Waals surface area contributed by atoms with Crippen molar-refractivity contribution in [3.8, 4) is 0 Å². The summed E-state index contributed by atoms with van der Waals surface area (Å²) in [5, 5.41) is 11.0. The van der Waals surface area contributed by atoms with Crippen LogP contribution in [0.5, 0.6) is 0 Å². The van der Waals surface area contributed by atoms with E-state index in [2.05, 4.69) is 15.6 Å². The van der Waals surface area contributed by atoms with E-state index in [1.807, 2.05) is 0 Å². The van der Waals surface area contributed by atoms with Gasteiger partial charge in [0.1, 0.15) is 5.82 Å². The quantitative estimate of drug-likeness (QED) is 0.841. The van der Waals surface area contributed by atoms with Crippen molar-refractivity contribution in [2.24, 2.45) is 5.92 Å². The van der Waals surface area contributed by atoms with Crippen LogP contribution in [0, 0.1) is 19.8 Å².